The molecule has 1 nitrogen and oxygen atoms in total. The van der Waals surface area contributed by atoms with Crippen molar-refractivity contribution in [2.75, 3.05) is 4.90 Å². The fourth-order valence-corrected chi connectivity index (χ4v) is 4.36. The number of anilines is 2. The second-order valence-electron chi connectivity index (χ2n) is 9.08. The molecule has 2 aromatic carbocycles. The average molecular weight is 349 g/mol. The molecule has 0 saturated heterocycles. The van der Waals surface area contributed by atoms with Gasteiger partial charge in [0.15, 0.2) is 0 Å². The van der Waals surface area contributed by atoms with E-state index >= 15 is 0 Å². The number of nitrogens with zero attached hydrogens (tertiary/aromatic N) is 1. The molecule has 1 aliphatic heterocycles. The fraction of sp³-hybridized carbons (Fsp3) is 0.455. The highest BCUT2D eigenvalue weighted by atomic mass is 32.2. The van der Waals surface area contributed by atoms with Crippen molar-refractivity contribution in [1.29, 1.82) is 0 Å². The maximum Gasteiger partial charge on any atom is 0.0992 e. The molecule has 3 heteroatoms. The van der Waals surface area contributed by atoms with E-state index in [2.05, 4.69) is 89.8 Å². The molecular weight excluding hydrogens is 321 g/mol. The maximum absolute atomic E-state index is 6.36. The average Bonchev–Trinajstić information content (AvgIpc) is 2.49. The molecule has 0 saturated carbocycles. The molecule has 1 aliphatic rings. The lowest BCUT2D eigenvalue weighted by Gasteiger charge is -2.38. The molecule has 2 radical (unpaired) electrons. The normalized spacial score (nSPS) is 15.6. The molecule has 0 fully saturated rings. The van der Waals surface area contributed by atoms with Gasteiger partial charge in [-0.05, 0) is 52.2 Å². The Kier molecular flexibility index (Phi) is 4.52. The Morgan fingerprint density at radius 3 is 1.52 bits per heavy atom. The van der Waals surface area contributed by atoms with Gasteiger partial charge in [-0.1, -0.05) is 72.4 Å². The van der Waals surface area contributed by atoms with Gasteiger partial charge in [-0.15, -0.1) is 0 Å². The molecule has 1 atom stereocenters. The molecule has 1 unspecified atom stereocenters. The second-order valence-corrected chi connectivity index (χ2v) is 10.2. The predicted molar refractivity (Wildman–Crippen MR) is 112 cm³/mol. The van der Waals surface area contributed by atoms with Crippen molar-refractivity contribution in [3.8, 4) is 0 Å². The molecule has 2 aromatic rings. The highest BCUT2D eigenvalue weighted by molar-refractivity contribution is 7.99. The lowest BCUT2D eigenvalue weighted by atomic mass is 9.86. The zero-order valence-electron chi connectivity index (χ0n) is 16.5. The number of fused-ring (bicyclic) bond motifs is 2. The topological polar surface area (TPSA) is 3.24 Å². The van der Waals surface area contributed by atoms with Crippen LogP contribution < -0.4 is 4.90 Å². The van der Waals surface area contributed by atoms with Crippen LogP contribution in [0, 0.1) is 0 Å². The minimum absolute atomic E-state index is 0.0700. The summed E-state index contributed by atoms with van der Waals surface area (Å²) < 4.78 is 0. The van der Waals surface area contributed by atoms with Gasteiger partial charge >= 0.3 is 0 Å². The first-order valence-electron chi connectivity index (χ1n) is 9.00. The molecule has 0 bridgehead atoms. The van der Waals surface area contributed by atoms with Gasteiger partial charge in [0.1, 0.15) is 0 Å². The smallest absolute Gasteiger partial charge is 0.0992 e. The van der Waals surface area contributed by atoms with Crippen molar-refractivity contribution in [3.63, 3.8) is 0 Å². The van der Waals surface area contributed by atoms with E-state index in [1.807, 2.05) is 11.8 Å². The zero-order chi connectivity index (χ0) is 18.6. The van der Waals surface area contributed by atoms with Crippen LogP contribution in [-0.2, 0) is 10.8 Å². The Hall–Kier alpha value is -1.35. The standard InChI is InChI=1S/C22H28BNS/c1-14(23)24-17-10-8-15(21(2,3)4)12-19(17)25-20-13-16(22(5,6)7)9-11-18(20)24/h8-14H,1-7H3. The van der Waals surface area contributed by atoms with Crippen molar-refractivity contribution < 1.29 is 0 Å². The summed E-state index contributed by atoms with van der Waals surface area (Å²) in [7, 11) is 6.36. The molecule has 25 heavy (non-hydrogen) atoms. The van der Waals surface area contributed by atoms with Gasteiger partial charge in [0, 0.05) is 9.79 Å². The molecule has 0 spiro atoms. The highest BCUT2D eigenvalue weighted by Gasteiger charge is 2.28. The monoisotopic (exact) mass is 349 g/mol. The lowest BCUT2D eigenvalue weighted by Crippen LogP contribution is -2.31. The maximum atomic E-state index is 6.36. The van der Waals surface area contributed by atoms with Gasteiger partial charge in [-0.3, -0.25) is 0 Å². The third-order valence-corrected chi connectivity index (χ3v) is 5.89. The first-order chi connectivity index (χ1) is 11.5. The third-order valence-electron chi connectivity index (χ3n) is 4.80. The summed E-state index contributed by atoms with van der Waals surface area (Å²) in [4.78, 5) is 4.85. The van der Waals surface area contributed by atoms with Gasteiger partial charge in [-0.25, -0.2) is 0 Å². The molecule has 1 heterocycles. The van der Waals surface area contributed by atoms with E-state index < -0.39 is 0 Å². The highest BCUT2D eigenvalue weighted by Crippen LogP contribution is 2.50. The molecule has 0 aliphatic carbocycles. The third kappa shape index (κ3) is 3.49. The number of benzene rings is 2. The largest absolute Gasteiger partial charge is 0.346 e. The van der Waals surface area contributed by atoms with Crippen LogP contribution >= 0.6 is 11.8 Å². The number of rotatable bonds is 1. The van der Waals surface area contributed by atoms with E-state index in [1.54, 1.807) is 0 Å². The summed E-state index contributed by atoms with van der Waals surface area (Å²) in [6.07, 6.45) is 0. The van der Waals surface area contributed by atoms with Crippen molar-refractivity contribution in [3.05, 3.63) is 47.5 Å². The summed E-state index contributed by atoms with van der Waals surface area (Å²) in [5, 5.41) is 0. The first kappa shape index (κ1) is 18.4. The van der Waals surface area contributed by atoms with Crippen LogP contribution in [0.4, 0.5) is 11.4 Å². The summed E-state index contributed by atoms with van der Waals surface area (Å²) in [6.45, 7) is 15.6. The molecule has 0 aromatic heterocycles. The van der Waals surface area contributed by atoms with Gasteiger partial charge in [0.05, 0.1) is 19.2 Å². The van der Waals surface area contributed by atoms with Gasteiger partial charge < -0.3 is 4.90 Å². The minimum Gasteiger partial charge on any atom is -0.346 e. The summed E-state index contributed by atoms with van der Waals surface area (Å²) in [6, 6.07) is 13.6. The quantitative estimate of drug-likeness (QED) is 0.548. The lowest BCUT2D eigenvalue weighted by molar-refractivity contribution is 0.588. The van der Waals surface area contributed by atoms with Crippen molar-refractivity contribution >= 4 is 31.0 Å². The van der Waals surface area contributed by atoms with Crippen LogP contribution in [0.1, 0.15) is 59.6 Å². The summed E-state index contributed by atoms with van der Waals surface area (Å²) in [5.41, 5.74) is 5.43. The van der Waals surface area contributed by atoms with Crippen molar-refractivity contribution in [1.82, 2.24) is 0 Å². The first-order valence-corrected chi connectivity index (χ1v) is 9.82. The van der Waals surface area contributed by atoms with Gasteiger partial charge in [-0.2, -0.15) is 0 Å². The van der Waals surface area contributed by atoms with Gasteiger partial charge in [0.2, 0.25) is 0 Å². The Bertz CT molecular complexity index is 733. The molecule has 3 rings (SSSR count). The van der Waals surface area contributed by atoms with E-state index in [1.165, 1.54) is 32.3 Å². The van der Waals surface area contributed by atoms with Crippen LogP contribution in [-0.4, -0.2) is 13.8 Å². The van der Waals surface area contributed by atoms with E-state index in [9.17, 15) is 0 Å². The van der Waals surface area contributed by atoms with Crippen LogP contribution in [0.5, 0.6) is 0 Å². The number of hydrogen-bond donors (Lipinski definition) is 0. The molecule has 0 amide bonds. The fourth-order valence-electron chi connectivity index (χ4n) is 3.21. The van der Waals surface area contributed by atoms with Crippen LogP contribution in [0.25, 0.3) is 0 Å². The van der Waals surface area contributed by atoms with E-state index in [0.29, 0.717) is 0 Å². The van der Waals surface area contributed by atoms with Crippen molar-refractivity contribution in [2.24, 2.45) is 0 Å². The Morgan fingerprint density at radius 2 is 1.20 bits per heavy atom. The zero-order valence-corrected chi connectivity index (χ0v) is 17.3. The Morgan fingerprint density at radius 1 is 0.800 bits per heavy atom. The Labute approximate surface area is 158 Å². The second kappa shape index (κ2) is 6.12. The van der Waals surface area contributed by atoms with Gasteiger partial charge in [0.25, 0.3) is 0 Å². The van der Waals surface area contributed by atoms with Crippen LogP contribution in [0.3, 0.4) is 0 Å². The summed E-state index contributed by atoms with van der Waals surface area (Å²) in [5.74, 6) is -0.0700. The molecular formula is C22H28BNS. The van der Waals surface area contributed by atoms with Crippen LogP contribution in [0.2, 0.25) is 0 Å². The summed E-state index contributed by atoms with van der Waals surface area (Å²) >= 11 is 1.87. The van der Waals surface area contributed by atoms with E-state index in [4.69, 9.17) is 7.85 Å². The van der Waals surface area contributed by atoms with E-state index in [-0.39, 0.29) is 16.8 Å². The number of hydrogen-bond acceptors (Lipinski definition) is 2. The predicted octanol–water partition coefficient (Wildman–Crippen LogP) is 6.40. The molecule has 0 N–H and O–H groups in total. The SMILES string of the molecule is [B]C(C)N1c2ccc(C(C)(C)C)cc2Sc2cc(C(C)(C)C)ccc21. The van der Waals surface area contributed by atoms with E-state index in [0.717, 1.165) is 0 Å². The van der Waals surface area contributed by atoms with Crippen molar-refractivity contribution in [2.45, 2.75) is 75.0 Å². The minimum atomic E-state index is -0.0700. The molecule has 130 valence electrons. The van der Waals surface area contributed by atoms with Crippen LogP contribution in [0.15, 0.2) is 46.2 Å². The Balaban J connectivity index is 2.15.